The SMILES string of the molecule is Nc1ccc(CCc2ccc(-c3ccc(N)c(N)c3N)cc2)cc1. The number of rotatable bonds is 4. The summed E-state index contributed by atoms with van der Waals surface area (Å²) in [5.41, 5.74) is 30.3. The third kappa shape index (κ3) is 3.27. The van der Waals surface area contributed by atoms with Crippen LogP contribution in [0.2, 0.25) is 0 Å². The predicted molar refractivity (Wildman–Crippen MR) is 103 cm³/mol. The van der Waals surface area contributed by atoms with Gasteiger partial charge in [0.05, 0.1) is 17.1 Å². The van der Waals surface area contributed by atoms with Crippen molar-refractivity contribution in [1.29, 1.82) is 0 Å². The van der Waals surface area contributed by atoms with Crippen molar-refractivity contribution in [2.24, 2.45) is 0 Å². The zero-order chi connectivity index (χ0) is 17.1. The van der Waals surface area contributed by atoms with Crippen molar-refractivity contribution < 1.29 is 0 Å². The summed E-state index contributed by atoms with van der Waals surface area (Å²) in [5.74, 6) is 0. The molecule has 0 aromatic heterocycles. The molecule has 0 atom stereocenters. The number of anilines is 4. The van der Waals surface area contributed by atoms with Gasteiger partial charge < -0.3 is 22.9 Å². The van der Waals surface area contributed by atoms with Crippen molar-refractivity contribution in [2.45, 2.75) is 12.8 Å². The molecule has 0 radical (unpaired) electrons. The van der Waals surface area contributed by atoms with E-state index >= 15 is 0 Å². The molecule has 0 aliphatic heterocycles. The van der Waals surface area contributed by atoms with E-state index < -0.39 is 0 Å². The van der Waals surface area contributed by atoms with Crippen LogP contribution < -0.4 is 22.9 Å². The molecule has 0 saturated heterocycles. The van der Waals surface area contributed by atoms with Crippen LogP contribution in [-0.2, 0) is 12.8 Å². The van der Waals surface area contributed by atoms with Crippen LogP contribution >= 0.6 is 0 Å². The van der Waals surface area contributed by atoms with E-state index in [-0.39, 0.29) is 0 Å². The van der Waals surface area contributed by atoms with E-state index in [0.717, 1.165) is 29.7 Å². The number of nitrogens with two attached hydrogens (primary N) is 4. The van der Waals surface area contributed by atoms with Gasteiger partial charge in [0.25, 0.3) is 0 Å². The van der Waals surface area contributed by atoms with Gasteiger partial charge in [-0.05, 0) is 47.7 Å². The Labute approximate surface area is 142 Å². The van der Waals surface area contributed by atoms with Crippen molar-refractivity contribution in [1.82, 2.24) is 0 Å². The number of hydrogen-bond donors (Lipinski definition) is 4. The fourth-order valence-corrected chi connectivity index (χ4v) is 2.73. The molecule has 3 aromatic carbocycles. The van der Waals surface area contributed by atoms with Gasteiger partial charge in [-0.15, -0.1) is 0 Å². The maximum Gasteiger partial charge on any atom is 0.0787 e. The van der Waals surface area contributed by atoms with Crippen molar-refractivity contribution in [3.8, 4) is 11.1 Å². The highest BCUT2D eigenvalue weighted by molar-refractivity contribution is 5.90. The minimum absolute atomic E-state index is 0.444. The van der Waals surface area contributed by atoms with Crippen LogP contribution in [0.4, 0.5) is 22.7 Å². The van der Waals surface area contributed by atoms with Gasteiger partial charge in [-0.25, -0.2) is 0 Å². The van der Waals surface area contributed by atoms with Gasteiger partial charge in [-0.1, -0.05) is 42.5 Å². The second-order valence-corrected chi connectivity index (χ2v) is 5.97. The summed E-state index contributed by atoms with van der Waals surface area (Å²) >= 11 is 0. The van der Waals surface area contributed by atoms with Gasteiger partial charge in [0.15, 0.2) is 0 Å². The van der Waals surface area contributed by atoms with Crippen molar-refractivity contribution >= 4 is 22.7 Å². The topological polar surface area (TPSA) is 104 Å². The maximum atomic E-state index is 6.09. The second kappa shape index (κ2) is 6.54. The highest BCUT2D eigenvalue weighted by Crippen LogP contribution is 2.33. The second-order valence-electron chi connectivity index (χ2n) is 5.97. The third-order valence-electron chi connectivity index (χ3n) is 4.27. The van der Waals surface area contributed by atoms with Gasteiger partial charge in [0.1, 0.15) is 0 Å². The lowest BCUT2D eigenvalue weighted by Crippen LogP contribution is -2.01. The van der Waals surface area contributed by atoms with E-state index in [9.17, 15) is 0 Å². The molecule has 4 nitrogen and oxygen atoms in total. The minimum Gasteiger partial charge on any atom is -0.399 e. The van der Waals surface area contributed by atoms with Crippen LogP contribution in [0.5, 0.6) is 0 Å². The minimum atomic E-state index is 0.444. The first-order valence-electron chi connectivity index (χ1n) is 7.92. The Balaban J connectivity index is 1.74. The first-order valence-corrected chi connectivity index (χ1v) is 7.92. The molecular formula is C20H22N4. The summed E-state index contributed by atoms with van der Waals surface area (Å²) in [7, 11) is 0. The fraction of sp³-hybridized carbons (Fsp3) is 0.100. The van der Waals surface area contributed by atoms with Gasteiger partial charge in [0.2, 0.25) is 0 Å². The highest BCUT2D eigenvalue weighted by Gasteiger charge is 2.08. The lowest BCUT2D eigenvalue weighted by atomic mass is 9.98. The average Bonchev–Trinajstić information content (AvgIpc) is 2.60. The van der Waals surface area contributed by atoms with Crippen LogP contribution in [0.1, 0.15) is 11.1 Å². The van der Waals surface area contributed by atoms with E-state index in [1.165, 1.54) is 11.1 Å². The van der Waals surface area contributed by atoms with Crippen molar-refractivity contribution in [3.63, 3.8) is 0 Å². The molecule has 0 fully saturated rings. The summed E-state index contributed by atoms with van der Waals surface area (Å²) in [6, 6.07) is 20.1. The predicted octanol–water partition coefficient (Wildman–Crippen LogP) is 3.47. The number of benzene rings is 3. The Kier molecular flexibility index (Phi) is 4.29. The van der Waals surface area contributed by atoms with Crippen LogP contribution in [0.3, 0.4) is 0 Å². The highest BCUT2D eigenvalue weighted by atomic mass is 14.7. The summed E-state index contributed by atoms with van der Waals surface area (Å²) in [4.78, 5) is 0. The molecule has 3 rings (SSSR count). The molecule has 0 amide bonds. The molecule has 4 heteroatoms. The van der Waals surface area contributed by atoms with Gasteiger partial charge in [-0.3, -0.25) is 0 Å². The fourth-order valence-electron chi connectivity index (χ4n) is 2.73. The lowest BCUT2D eigenvalue weighted by Gasteiger charge is -2.11. The van der Waals surface area contributed by atoms with Crippen LogP contribution in [0.15, 0.2) is 60.7 Å². The summed E-state index contributed by atoms with van der Waals surface area (Å²) in [6.07, 6.45) is 1.96. The van der Waals surface area contributed by atoms with E-state index in [2.05, 4.69) is 36.4 Å². The molecule has 0 unspecified atom stereocenters. The normalized spacial score (nSPS) is 10.7. The first-order chi connectivity index (χ1) is 11.5. The average molecular weight is 318 g/mol. The zero-order valence-electron chi connectivity index (χ0n) is 13.5. The molecular weight excluding hydrogens is 296 g/mol. The van der Waals surface area contributed by atoms with E-state index in [0.29, 0.717) is 17.1 Å². The summed E-state index contributed by atoms with van der Waals surface area (Å²) < 4.78 is 0. The Morgan fingerprint density at radius 3 is 1.67 bits per heavy atom. The van der Waals surface area contributed by atoms with Crippen LogP contribution in [0.25, 0.3) is 11.1 Å². The quantitative estimate of drug-likeness (QED) is 0.553. The Morgan fingerprint density at radius 1 is 0.542 bits per heavy atom. The molecule has 0 saturated carbocycles. The molecule has 0 bridgehead atoms. The van der Waals surface area contributed by atoms with E-state index in [1.54, 1.807) is 6.07 Å². The lowest BCUT2D eigenvalue weighted by molar-refractivity contribution is 0.961. The standard InChI is InChI=1S/C20H22N4/c21-16-9-5-14(6-10-16)2-1-13-3-7-15(8-4-13)17-11-12-18(22)20(24)19(17)23/h3-12H,1-2,21-24H2. The van der Waals surface area contributed by atoms with Gasteiger partial charge in [0, 0.05) is 11.3 Å². The largest absolute Gasteiger partial charge is 0.399 e. The van der Waals surface area contributed by atoms with Crippen molar-refractivity contribution in [2.75, 3.05) is 22.9 Å². The maximum absolute atomic E-state index is 6.09. The third-order valence-corrected chi connectivity index (χ3v) is 4.27. The van der Waals surface area contributed by atoms with Crippen LogP contribution in [0, 0.1) is 0 Å². The molecule has 0 heterocycles. The van der Waals surface area contributed by atoms with Gasteiger partial charge >= 0.3 is 0 Å². The van der Waals surface area contributed by atoms with E-state index in [4.69, 9.17) is 22.9 Å². The molecule has 0 aliphatic carbocycles. The Hall–Kier alpha value is -3.14. The molecule has 0 aliphatic rings. The molecule has 8 N–H and O–H groups in total. The molecule has 24 heavy (non-hydrogen) atoms. The summed E-state index contributed by atoms with van der Waals surface area (Å²) in [6.45, 7) is 0. The van der Waals surface area contributed by atoms with Gasteiger partial charge in [-0.2, -0.15) is 0 Å². The zero-order valence-corrected chi connectivity index (χ0v) is 13.5. The van der Waals surface area contributed by atoms with Crippen LogP contribution in [-0.4, -0.2) is 0 Å². The van der Waals surface area contributed by atoms with Crippen molar-refractivity contribution in [3.05, 3.63) is 71.8 Å². The Morgan fingerprint density at radius 2 is 1.08 bits per heavy atom. The Bertz CT molecular complexity index is 837. The number of hydrogen-bond acceptors (Lipinski definition) is 4. The number of nitrogen functional groups attached to an aromatic ring is 4. The summed E-state index contributed by atoms with van der Waals surface area (Å²) in [5, 5.41) is 0. The molecule has 3 aromatic rings. The number of aryl methyl sites for hydroxylation is 2. The monoisotopic (exact) mass is 318 g/mol. The molecule has 122 valence electrons. The first kappa shape index (κ1) is 15.7. The molecule has 0 spiro atoms. The smallest absolute Gasteiger partial charge is 0.0787 e. The van der Waals surface area contributed by atoms with E-state index in [1.807, 2.05) is 18.2 Å².